The second-order valence-electron chi connectivity index (χ2n) is 2.51. The SMILES string of the molecule is Nc1cc(CC(N)C(=O)O)c[se]1. The second kappa shape index (κ2) is 3.76. The zero-order chi connectivity index (χ0) is 9.14. The van der Waals surface area contributed by atoms with E-state index in [9.17, 15) is 4.79 Å². The molecular formula is C7H10N2O2Se. The first-order valence-electron chi connectivity index (χ1n) is 3.41. The van der Waals surface area contributed by atoms with Crippen molar-refractivity contribution >= 4 is 25.0 Å². The third-order valence-electron chi connectivity index (χ3n) is 1.45. The van der Waals surface area contributed by atoms with Gasteiger partial charge < -0.3 is 0 Å². The van der Waals surface area contributed by atoms with E-state index in [1.54, 1.807) is 0 Å². The first-order chi connectivity index (χ1) is 5.59. The van der Waals surface area contributed by atoms with Crippen LogP contribution < -0.4 is 11.5 Å². The number of rotatable bonds is 3. The van der Waals surface area contributed by atoms with E-state index in [4.69, 9.17) is 16.6 Å². The van der Waals surface area contributed by atoms with Gasteiger partial charge in [-0.15, -0.1) is 0 Å². The van der Waals surface area contributed by atoms with Crippen LogP contribution in [0.5, 0.6) is 0 Å². The van der Waals surface area contributed by atoms with Crippen LogP contribution in [0, 0.1) is 0 Å². The van der Waals surface area contributed by atoms with Crippen molar-refractivity contribution in [3.8, 4) is 0 Å². The fraction of sp³-hybridized carbons (Fsp3) is 0.286. The maximum absolute atomic E-state index is 10.4. The van der Waals surface area contributed by atoms with Crippen molar-refractivity contribution < 1.29 is 9.90 Å². The molecule has 0 saturated carbocycles. The van der Waals surface area contributed by atoms with Crippen LogP contribution >= 0.6 is 0 Å². The van der Waals surface area contributed by atoms with E-state index in [0.717, 1.165) is 10.1 Å². The summed E-state index contributed by atoms with van der Waals surface area (Å²) in [4.78, 5) is 12.3. The molecule has 1 atom stereocenters. The molecule has 1 aromatic heterocycles. The van der Waals surface area contributed by atoms with E-state index in [1.807, 2.05) is 11.0 Å². The second-order valence-corrected chi connectivity index (χ2v) is 4.48. The molecule has 4 nitrogen and oxygen atoms in total. The monoisotopic (exact) mass is 234 g/mol. The number of anilines is 1. The number of aliphatic carboxylic acids is 1. The Labute approximate surface area is 75.9 Å². The predicted molar refractivity (Wildman–Crippen MR) is 47.1 cm³/mol. The molecule has 1 heterocycles. The molecule has 66 valence electrons. The van der Waals surface area contributed by atoms with Crippen LogP contribution in [0.1, 0.15) is 5.56 Å². The number of hydrogen-bond acceptors (Lipinski definition) is 3. The van der Waals surface area contributed by atoms with Crippen LogP contribution in [0.15, 0.2) is 11.0 Å². The standard InChI is InChI=1S/C7H10N2O2Se/c8-5(7(10)11)1-4-2-6(9)12-3-4/h2-3,5H,1,8-9H2,(H,10,11). The molecule has 0 aliphatic heterocycles. The number of nitrogen functional groups attached to an aromatic ring is 1. The first kappa shape index (κ1) is 9.32. The quantitative estimate of drug-likeness (QED) is 0.601. The van der Waals surface area contributed by atoms with Gasteiger partial charge in [-0.25, -0.2) is 0 Å². The van der Waals surface area contributed by atoms with Crippen LogP contribution in [0.25, 0.3) is 0 Å². The normalized spacial score (nSPS) is 12.8. The van der Waals surface area contributed by atoms with E-state index in [1.165, 1.54) is 0 Å². The van der Waals surface area contributed by atoms with Crippen LogP contribution in [-0.2, 0) is 11.2 Å². The van der Waals surface area contributed by atoms with E-state index in [0.29, 0.717) is 6.42 Å². The minimum atomic E-state index is -0.970. The third kappa shape index (κ3) is 2.37. The Morgan fingerprint density at radius 2 is 2.42 bits per heavy atom. The van der Waals surface area contributed by atoms with Gasteiger partial charge in [0.1, 0.15) is 0 Å². The van der Waals surface area contributed by atoms with Crippen molar-refractivity contribution in [1.29, 1.82) is 0 Å². The van der Waals surface area contributed by atoms with Crippen molar-refractivity contribution in [2.75, 3.05) is 5.73 Å². The molecule has 0 aliphatic rings. The van der Waals surface area contributed by atoms with E-state index in [2.05, 4.69) is 0 Å². The van der Waals surface area contributed by atoms with Crippen LogP contribution in [0.3, 0.4) is 0 Å². The van der Waals surface area contributed by atoms with Gasteiger partial charge in [-0.3, -0.25) is 0 Å². The molecular weight excluding hydrogens is 223 g/mol. The number of carboxylic acids is 1. The summed E-state index contributed by atoms with van der Waals surface area (Å²) in [7, 11) is 0. The van der Waals surface area contributed by atoms with Crippen LogP contribution in [0.2, 0.25) is 0 Å². The molecule has 0 amide bonds. The summed E-state index contributed by atoms with van der Waals surface area (Å²) in [6.45, 7) is 0. The summed E-state index contributed by atoms with van der Waals surface area (Å²) in [5, 5.41) is 8.51. The Morgan fingerprint density at radius 1 is 1.75 bits per heavy atom. The van der Waals surface area contributed by atoms with Gasteiger partial charge in [0.2, 0.25) is 0 Å². The van der Waals surface area contributed by atoms with Crippen molar-refractivity contribution in [2.24, 2.45) is 5.73 Å². The molecule has 0 aliphatic carbocycles. The molecule has 1 rings (SSSR count). The van der Waals surface area contributed by atoms with Gasteiger partial charge >= 0.3 is 75.4 Å². The Balaban J connectivity index is 2.58. The molecule has 5 heteroatoms. The van der Waals surface area contributed by atoms with E-state index in [-0.39, 0.29) is 14.5 Å². The molecule has 5 N–H and O–H groups in total. The van der Waals surface area contributed by atoms with Gasteiger partial charge in [0, 0.05) is 0 Å². The summed E-state index contributed by atoms with van der Waals surface area (Å²) in [6, 6.07) is 0.997. The Kier molecular flexibility index (Phi) is 2.92. The van der Waals surface area contributed by atoms with Crippen molar-refractivity contribution in [3.63, 3.8) is 0 Å². The zero-order valence-electron chi connectivity index (χ0n) is 6.36. The number of hydrogen-bond donors (Lipinski definition) is 3. The zero-order valence-corrected chi connectivity index (χ0v) is 8.07. The van der Waals surface area contributed by atoms with Gasteiger partial charge in [0.25, 0.3) is 0 Å². The Hall–Kier alpha value is -0.771. The number of nitrogens with two attached hydrogens (primary N) is 2. The van der Waals surface area contributed by atoms with Gasteiger partial charge in [-0.2, -0.15) is 0 Å². The van der Waals surface area contributed by atoms with Crippen LogP contribution in [-0.4, -0.2) is 31.6 Å². The van der Waals surface area contributed by atoms with Gasteiger partial charge in [0.15, 0.2) is 0 Å². The number of carboxylic acid groups (broad SMARTS) is 1. The van der Waals surface area contributed by atoms with Crippen molar-refractivity contribution in [2.45, 2.75) is 12.5 Å². The topological polar surface area (TPSA) is 89.3 Å². The average molecular weight is 233 g/mol. The van der Waals surface area contributed by atoms with E-state index < -0.39 is 12.0 Å². The number of carbonyl (C=O) groups is 1. The Morgan fingerprint density at radius 3 is 2.83 bits per heavy atom. The maximum atomic E-state index is 10.4. The van der Waals surface area contributed by atoms with E-state index >= 15 is 0 Å². The molecule has 0 spiro atoms. The fourth-order valence-corrected chi connectivity index (χ4v) is 2.25. The fourth-order valence-electron chi connectivity index (χ4n) is 0.843. The molecule has 0 radical (unpaired) electrons. The predicted octanol–water partition coefficient (Wildman–Crippen LogP) is -0.720. The molecule has 1 unspecified atom stereocenters. The third-order valence-corrected chi connectivity index (χ3v) is 3.15. The first-order valence-corrected chi connectivity index (χ1v) is 5.25. The molecule has 0 bridgehead atoms. The molecule has 0 saturated heterocycles. The van der Waals surface area contributed by atoms with Gasteiger partial charge in [0.05, 0.1) is 0 Å². The minimum absolute atomic E-state index is 0.202. The molecule has 0 fully saturated rings. The summed E-state index contributed by atoms with van der Waals surface area (Å²) in [5.41, 5.74) is 11.8. The average Bonchev–Trinajstić information content (AvgIpc) is 2.35. The molecule has 0 aromatic carbocycles. The summed E-state index contributed by atoms with van der Waals surface area (Å²) >= 11 is 0.202. The van der Waals surface area contributed by atoms with Gasteiger partial charge in [-0.1, -0.05) is 0 Å². The summed E-state index contributed by atoms with van der Waals surface area (Å²) in [6.07, 6.45) is 0.373. The Bertz CT molecular complexity index is 285. The van der Waals surface area contributed by atoms with Crippen molar-refractivity contribution in [1.82, 2.24) is 0 Å². The van der Waals surface area contributed by atoms with Crippen LogP contribution in [0.4, 0.5) is 4.56 Å². The summed E-state index contributed by atoms with van der Waals surface area (Å²) < 4.78 is 0.829. The molecule has 12 heavy (non-hydrogen) atoms. The van der Waals surface area contributed by atoms with Crippen molar-refractivity contribution in [3.05, 3.63) is 16.6 Å². The van der Waals surface area contributed by atoms with Gasteiger partial charge in [-0.05, 0) is 0 Å². The molecule has 1 aromatic rings. The summed E-state index contributed by atoms with van der Waals surface area (Å²) in [5.74, 6) is -0.970.